The monoisotopic (exact) mass is 321 g/mol. The smallest absolute Gasteiger partial charge is 0.236 e. The fraction of sp³-hybridized carbons (Fsp3) is 0.688. The number of nitrogens with zero attached hydrogens (tertiary/aromatic N) is 5. The van der Waals surface area contributed by atoms with Gasteiger partial charge in [-0.3, -0.25) is 14.5 Å². The topological polar surface area (TPSA) is 61.7 Å². The Bertz CT molecular complexity index is 540. The summed E-state index contributed by atoms with van der Waals surface area (Å²) in [5.74, 6) is 1.22. The van der Waals surface area contributed by atoms with E-state index in [-0.39, 0.29) is 11.8 Å². The minimum absolute atomic E-state index is 0.111. The Balaban J connectivity index is 1.79. The van der Waals surface area contributed by atoms with Gasteiger partial charge in [0.05, 0.1) is 6.54 Å². The molecular weight excluding hydrogens is 294 g/mol. The van der Waals surface area contributed by atoms with E-state index in [0.717, 1.165) is 31.9 Å². The van der Waals surface area contributed by atoms with Gasteiger partial charge in [-0.25, -0.2) is 4.98 Å². The van der Waals surface area contributed by atoms with Crippen LogP contribution in [0.25, 0.3) is 0 Å². The minimum atomic E-state index is 0.111. The predicted molar refractivity (Wildman–Crippen MR) is 87.9 cm³/mol. The quantitative estimate of drug-likeness (QED) is 0.777. The molecule has 1 aromatic heterocycles. The molecule has 0 aliphatic carbocycles. The number of rotatable bonds is 5. The van der Waals surface area contributed by atoms with E-state index in [9.17, 15) is 9.59 Å². The van der Waals surface area contributed by atoms with Crippen LogP contribution in [-0.2, 0) is 16.1 Å². The van der Waals surface area contributed by atoms with E-state index in [0.29, 0.717) is 26.1 Å². The lowest BCUT2D eigenvalue weighted by Gasteiger charge is -2.23. The lowest BCUT2D eigenvalue weighted by molar-refractivity contribution is -0.131. The van der Waals surface area contributed by atoms with E-state index >= 15 is 0 Å². The maximum atomic E-state index is 12.4. The molecule has 0 spiro atoms. The van der Waals surface area contributed by atoms with Crippen LogP contribution in [0, 0.1) is 6.92 Å². The van der Waals surface area contributed by atoms with Crippen molar-refractivity contribution in [3.05, 3.63) is 18.2 Å². The average Bonchev–Trinajstić information content (AvgIpc) is 2.78. The summed E-state index contributed by atoms with van der Waals surface area (Å²) in [7, 11) is 3.54. The molecule has 1 aromatic rings. The second-order valence-electron chi connectivity index (χ2n) is 6.22. The van der Waals surface area contributed by atoms with Crippen molar-refractivity contribution < 1.29 is 9.59 Å². The first kappa shape index (κ1) is 17.5. The van der Waals surface area contributed by atoms with Crippen LogP contribution in [0.5, 0.6) is 0 Å². The van der Waals surface area contributed by atoms with Crippen LogP contribution in [0.1, 0.15) is 18.7 Å². The molecule has 0 unspecified atom stereocenters. The zero-order valence-corrected chi connectivity index (χ0v) is 14.4. The molecule has 23 heavy (non-hydrogen) atoms. The van der Waals surface area contributed by atoms with Gasteiger partial charge in [0.15, 0.2) is 0 Å². The van der Waals surface area contributed by atoms with Crippen LogP contribution in [0.3, 0.4) is 0 Å². The highest BCUT2D eigenvalue weighted by atomic mass is 16.2. The molecule has 1 aliphatic rings. The van der Waals surface area contributed by atoms with E-state index in [4.69, 9.17) is 0 Å². The lowest BCUT2D eigenvalue weighted by atomic mass is 10.3. The third kappa shape index (κ3) is 5.06. The molecule has 0 radical (unpaired) electrons. The molecule has 2 heterocycles. The number of amides is 2. The molecule has 7 heteroatoms. The molecule has 0 N–H and O–H groups in total. The van der Waals surface area contributed by atoms with Crippen LogP contribution in [0.4, 0.5) is 0 Å². The van der Waals surface area contributed by atoms with Gasteiger partial charge in [0.1, 0.15) is 5.82 Å². The number of hydrogen-bond donors (Lipinski definition) is 0. The summed E-state index contributed by atoms with van der Waals surface area (Å²) >= 11 is 0. The first-order valence-electron chi connectivity index (χ1n) is 8.15. The largest absolute Gasteiger partial charge is 0.348 e. The third-order valence-corrected chi connectivity index (χ3v) is 4.29. The second-order valence-corrected chi connectivity index (χ2v) is 6.22. The number of hydrogen-bond acceptors (Lipinski definition) is 4. The van der Waals surface area contributed by atoms with Crippen LogP contribution in [0.15, 0.2) is 12.4 Å². The van der Waals surface area contributed by atoms with Crippen molar-refractivity contribution in [2.75, 3.05) is 46.8 Å². The summed E-state index contributed by atoms with van der Waals surface area (Å²) in [4.78, 5) is 34.0. The first-order chi connectivity index (χ1) is 11.0. The average molecular weight is 321 g/mol. The number of likely N-dealkylation sites (N-methyl/N-ethyl adjacent to an activating group) is 1. The molecule has 2 rings (SSSR count). The van der Waals surface area contributed by atoms with Crippen molar-refractivity contribution in [2.45, 2.75) is 26.3 Å². The molecular formula is C16H27N5O2. The van der Waals surface area contributed by atoms with E-state index < -0.39 is 0 Å². The van der Waals surface area contributed by atoms with Gasteiger partial charge in [0.2, 0.25) is 11.8 Å². The summed E-state index contributed by atoms with van der Waals surface area (Å²) in [6.45, 7) is 6.14. The maximum Gasteiger partial charge on any atom is 0.236 e. The second kappa shape index (κ2) is 8.10. The first-order valence-corrected chi connectivity index (χ1v) is 8.15. The Labute approximate surface area is 137 Å². The normalized spacial score (nSPS) is 16.2. The van der Waals surface area contributed by atoms with E-state index in [1.165, 1.54) is 0 Å². The summed E-state index contributed by atoms with van der Waals surface area (Å²) in [5, 5.41) is 0. The van der Waals surface area contributed by atoms with Gasteiger partial charge in [-0.2, -0.15) is 0 Å². The number of aromatic nitrogens is 2. The Morgan fingerprint density at radius 3 is 2.65 bits per heavy atom. The van der Waals surface area contributed by atoms with Crippen molar-refractivity contribution in [3.63, 3.8) is 0 Å². The fourth-order valence-electron chi connectivity index (χ4n) is 2.73. The maximum absolute atomic E-state index is 12.4. The molecule has 1 fully saturated rings. The van der Waals surface area contributed by atoms with Crippen molar-refractivity contribution in [2.24, 2.45) is 0 Å². The molecule has 1 aliphatic heterocycles. The minimum Gasteiger partial charge on any atom is -0.348 e. The molecule has 0 bridgehead atoms. The number of carbonyl (C=O) groups excluding carboxylic acids is 2. The molecule has 1 saturated heterocycles. The van der Waals surface area contributed by atoms with Gasteiger partial charge in [-0.05, 0) is 13.3 Å². The SMILES string of the molecule is Cc1nccn1CCC(=O)N1CCCN(CC(=O)N(C)C)CC1. The standard InChI is InChI=1S/C16H27N5O2/c1-14-17-6-10-20(14)9-5-15(22)21-8-4-7-19(11-12-21)13-16(23)18(2)3/h6,10H,4-5,7-9,11-13H2,1-3H3. The molecule has 0 aromatic carbocycles. The highest BCUT2D eigenvalue weighted by molar-refractivity contribution is 5.78. The highest BCUT2D eigenvalue weighted by Crippen LogP contribution is 2.07. The van der Waals surface area contributed by atoms with Crippen molar-refractivity contribution in [1.82, 2.24) is 24.3 Å². The van der Waals surface area contributed by atoms with E-state index in [1.807, 2.05) is 22.6 Å². The Morgan fingerprint density at radius 2 is 2.00 bits per heavy atom. The molecule has 2 amide bonds. The Morgan fingerprint density at radius 1 is 1.22 bits per heavy atom. The Kier molecular flexibility index (Phi) is 6.15. The van der Waals surface area contributed by atoms with Crippen LogP contribution in [-0.4, -0.2) is 82.9 Å². The van der Waals surface area contributed by atoms with Gasteiger partial charge in [-0.15, -0.1) is 0 Å². The van der Waals surface area contributed by atoms with E-state index in [1.54, 1.807) is 25.2 Å². The van der Waals surface area contributed by atoms with Gasteiger partial charge < -0.3 is 14.4 Å². The van der Waals surface area contributed by atoms with Crippen LogP contribution >= 0.6 is 0 Å². The van der Waals surface area contributed by atoms with Crippen molar-refractivity contribution in [3.8, 4) is 0 Å². The molecule has 128 valence electrons. The van der Waals surface area contributed by atoms with Crippen LogP contribution in [0.2, 0.25) is 0 Å². The predicted octanol–water partition coefficient (Wildman–Crippen LogP) is 0.204. The molecule has 7 nitrogen and oxygen atoms in total. The van der Waals surface area contributed by atoms with Gasteiger partial charge in [-0.1, -0.05) is 0 Å². The molecule has 0 saturated carbocycles. The van der Waals surface area contributed by atoms with Crippen LogP contribution < -0.4 is 0 Å². The fourth-order valence-corrected chi connectivity index (χ4v) is 2.73. The van der Waals surface area contributed by atoms with E-state index in [2.05, 4.69) is 9.88 Å². The summed E-state index contributed by atoms with van der Waals surface area (Å²) in [6.07, 6.45) is 5.06. The summed E-state index contributed by atoms with van der Waals surface area (Å²) in [6, 6.07) is 0. The van der Waals surface area contributed by atoms with Crippen molar-refractivity contribution in [1.29, 1.82) is 0 Å². The zero-order chi connectivity index (χ0) is 16.8. The number of carbonyl (C=O) groups is 2. The Hall–Kier alpha value is -1.89. The number of imidazole rings is 1. The van der Waals surface area contributed by atoms with Gasteiger partial charge in [0.25, 0.3) is 0 Å². The summed E-state index contributed by atoms with van der Waals surface area (Å²) < 4.78 is 2.00. The molecule has 0 atom stereocenters. The third-order valence-electron chi connectivity index (χ3n) is 4.29. The van der Waals surface area contributed by atoms with Gasteiger partial charge >= 0.3 is 0 Å². The van der Waals surface area contributed by atoms with Gasteiger partial charge in [0, 0.05) is 65.6 Å². The van der Waals surface area contributed by atoms with Crippen molar-refractivity contribution >= 4 is 11.8 Å². The summed E-state index contributed by atoms with van der Waals surface area (Å²) in [5.41, 5.74) is 0. The highest BCUT2D eigenvalue weighted by Gasteiger charge is 2.20. The lowest BCUT2D eigenvalue weighted by Crippen LogP contribution is -2.39. The number of aryl methyl sites for hydroxylation is 2. The zero-order valence-electron chi connectivity index (χ0n) is 14.4.